The van der Waals surface area contributed by atoms with Crippen LogP contribution in [0.4, 0.5) is 5.82 Å². The van der Waals surface area contributed by atoms with Gasteiger partial charge in [0.2, 0.25) is 15.3 Å². The Balaban J connectivity index is 1.38. The topological polar surface area (TPSA) is 82.1 Å². The minimum absolute atomic E-state index is 0.214. The second-order valence-corrected chi connectivity index (χ2v) is 12.1. The fourth-order valence-electron chi connectivity index (χ4n) is 4.08. The van der Waals surface area contributed by atoms with Crippen LogP contribution in [0.1, 0.15) is 11.3 Å². The molecule has 2 aromatic rings. The maximum absolute atomic E-state index is 12.6. The van der Waals surface area contributed by atoms with E-state index in [0.29, 0.717) is 32.7 Å². The van der Waals surface area contributed by atoms with E-state index >= 15 is 0 Å². The first-order valence-electron chi connectivity index (χ1n) is 11.0. The van der Waals surface area contributed by atoms with Gasteiger partial charge in [0.05, 0.1) is 29.2 Å². The lowest BCUT2D eigenvalue weighted by molar-refractivity contribution is 0.122. The minimum atomic E-state index is -3.18. The summed E-state index contributed by atoms with van der Waals surface area (Å²) in [5, 5.41) is 0.261. The number of piperazine rings is 1. The number of anilines is 1. The van der Waals surface area contributed by atoms with Gasteiger partial charge in [-0.3, -0.25) is 4.90 Å². The number of hydrogen-bond acceptors (Lipinski definition) is 9. The molecule has 4 heterocycles. The van der Waals surface area contributed by atoms with Crippen molar-refractivity contribution in [3.63, 3.8) is 0 Å². The van der Waals surface area contributed by atoms with Crippen molar-refractivity contribution in [1.29, 1.82) is 0 Å². The van der Waals surface area contributed by atoms with E-state index in [2.05, 4.69) is 25.8 Å². The number of morpholine rings is 1. The van der Waals surface area contributed by atoms with Crippen LogP contribution < -0.4 is 4.90 Å². The third-order valence-corrected chi connectivity index (χ3v) is 9.03. The predicted molar refractivity (Wildman–Crippen MR) is 129 cm³/mol. The first-order chi connectivity index (χ1) is 15.3. The van der Waals surface area contributed by atoms with Crippen molar-refractivity contribution in [1.82, 2.24) is 24.1 Å². The molecule has 0 spiro atoms. The second-order valence-electron chi connectivity index (χ2n) is 8.49. The number of rotatable bonds is 8. The summed E-state index contributed by atoms with van der Waals surface area (Å²) in [6.07, 6.45) is 0.659. The van der Waals surface area contributed by atoms with Crippen molar-refractivity contribution in [2.75, 3.05) is 83.8 Å². The Morgan fingerprint density at radius 3 is 2.53 bits per heavy atom. The van der Waals surface area contributed by atoms with Crippen molar-refractivity contribution in [2.24, 2.45) is 0 Å². The molecule has 0 unspecified atom stereocenters. The van der Waals surface area contributed by atoms with Gasteiger partial charge in [-0.15, -0.1) is 11.3 Å². The average molecular weight is 503 g/mol. The van der Waals surface area contributed by atoms with Gasteiger partial charge < -0.3 is 14.5 Å². The van der Waals surface area contributed by atoms with Crippen molar-refractivity contribution >= 4 is 49.0 Å². The third kappa shape index (κ3) is 5.88. The Bertz CT molecular complexity index is 1020. The Hall–Kier alpha value is -1.08. The monoisotopic (exact) mass is 502 g/mol. The summed E-state index contributed by atoms with van der Waals surface area (Å²) in [5.74, 6) is 1.10. The molecule has 32 heavy (non-hydrogen) atoms. The molecule has 4 rings (SSSR count). The fraction of sp³-hybridized carbons (Fsp3) is 0.700. The summed E-state index contributed by atoms with van der Waals surface area (Å²) in [7, 11) is 0.738. The summed E-state index contributed by atoms with van der Waals surface area (Å²) >= 11 is 7.90. The zero-order valence-corrected chi connectivity index (χ0v) is 21.1. The zero-order chi connectivity index (χ0) is 22.7. The van der Waals surface area contributed by atoms with Crippen LogP contribution in [-0.4, -0.2) is 111 Å². The lowest BCUT2D eigenvalue weighted by Gasteiger charge is -2.33. The molecular weight excluding hydrogens is 472 g/mol. The molecule has 2 aliphatic heterocycles. The molecular formula is C20H31ClN6O3S2. The molecule has 9 nitrogen and oxygen atoms in total. The van der Waals surface area contributed by atoms with Crippen molar-refractivity contribution in [3.8, 4) is 0 Å². The summed E-state index contributed by atoms with van der Waals surface area (Å²) in [4.78, 5) is 16.6. The third-order valence-electron chi connectivity index (χ3n) is 5.80. The van der Waals surface area contributed by atoms with Gasteiger partial charge in [0, 0.05) is 50.7 Å². The highest BCUT2D eigenvalue weighted by Gasteiger charge is 2.27. The number of hydrogen-bond donors (Lipinski definition) is 0. The van der Waals surface area contributed by atoms with E-state index in [0.717, 1.165) is 55.3 Å². The number of halogens is 1. The van der Waals surface area contributed by atoms with E-state index in [1.165, 1.54) is 4.88 Å². The maximum atomic E-state index is 12.6. The standard InChI is InChI=1S/C20H31ClN6O3S2/c1-24(2)4-3-13-32(28,29)27-7-5-25(6-8-27)15-16-14-17-18(31-16)19(23-20(21)22-17)26-9-11-30-12-10-26/h14H,3-13,15H2,1-2H3. The number of sulfonamides is 1. The minimum Gasteiger partial charge on any atom is -0.378 e. The van der Waals surface area contributed by atoms with Gasteiger partial charge in [-0.05, 0) is 44.7 Å². The molecule has 0 atom stereocenters. The van der Waals surface area contributed by atoms with Crippen molar-refractivity contribution in [2.45, 2.75) is 13.0 Å². The number of nitrogens with zero attached hydrogens (tertiary/aromatic N) is 6. The number of fused-ring (bicyclic) bond motifs is 1. The van der Waals surface area contributed by atoms with Gasteiger partial charge >= 0.3 is 0 Å². The fourth-order valence-corrected chi connectivity index (χ4v) is 6.88. The Morgan fingerprint density at radius 1 is 1.12 bits per heavy atom. The quantitative estimate of drug-likeness (QED) is 0.503. The molecule has 0 aromatic carbocycles. The lowest BCUT2D eigenvalue weighted by atomic mass is 10.3. The van der Waals surface area contributed by atoms with Crippen molar-refractivity contribution < 1.29 is 13.2 Å². The predicted octanol–water partition coefficient (Wildman–Crippen LogP) is 1.58. The molecule has 2 aromatic heterocycles. The normalized spacial score (nSPS) is 19.3. The van der Waals surface area contributed by atoms with E-state index in [1.54, 1.807) is 15.6 Å². The number of aromatic nitrogens is 2. The summed E-state index contributed by atoms with van der Waals surface area (Å²) < 4.78 is 33.4. The van der Waals surface area contributed by atoms with Gasteiger partial charge in [0.15, 0.2) is 5.82 Å². The molecule has 0 aliphatic carbocycles. The molecule has 178 valence electrons. The lowest BCUT2D eigenvalue weighted by Crippen LogP contribution is -2.48. The number of thiophene rings is 1. The van der Waals surface area contributed by atoms with E-state index in [1.807, 2.05) is 19.0 Å². The van der Waals surface area contributed by atoms with Crippen LogP contribution in [-0.2, 0) is 21.3 Å². The smallest absolute Gasteiger partial charge is 0.224 e. The molecule has 0 radical (unpaired) electrons. The van der Waals surface area contributed by atoms with Gasteiger partial charge in [-0.25, -0.2) is 13.4 Å². The highest BCUT2D eigenvalue weighted by molar-refractivity contribution is 7.89. The van der Waals surface area contributed by atoms with Crippen LogP contribution in [0.2, 0.25) is 5.28 Å². The average Bonchev–Trinajstić information content (AvgIpc) is 3.15. The molecule has 2 aliphatic rings. The molecule has 0 amide bonds. The largest absolute Gasteiger partial charge is 0.378 e. The van der Waals surface area contributed by atoms with Crippen LogP contribution in [0.5, 0.6) is 0 Å². The first kappa shape index (κ1) is 24.1. The van der Waals surface area contributed by atoms with E-state index in [-0.39, 0.29) is 11.0 Å². The Morgan fingerprint density at radius 2 is 1.84 bits per heavy atom. The van der Waals surface area contributed by atoms with Crippen LogP contribution >= 0.6 is 22.9 Å². The SMILES string of the molecule is CN(C)CCCS(=O)(=O)N1CCN(Cc2cc3nc(Cl)nc(N4CCOCC4)c3s2)CC1. The zero-order valence-electron chi connectivity index (χ0n) is 18.7. The molecule has 0 saturated carbocycles. The summed E-state index contributed by atoms with van der Waals surface area (Å²) in [6.45, 7) is 7.04. The molecule has 0 N–H and O–H groups in total. The van der Waals surface area contributed by atoms with Gasteiger partial charge in [0.1, 0.15) is 0 Å². The van der Waals surface area contributed by atoms with E-state index < -0.39 is 10.0 Å². The Kier molecular flexibility index (Phi) is 7.86. The van der Waals surface area contributed by atoms with Crippen molar-refractivity contribution in [3.05, 3.63) is 16.2 Å². The Labute approximate surface area is 199 Å². The summed E-state index contributed by atoms with van der Waals surface area (Å²) in [5.41, 5.74) is 0.869. The highest BCUT2D eigenvalue weighted by atomic mass is 35.5. The van der Waals surface area contributed by atoms with Crippen LogP contribution in [0.3, 0.4) is 0 Å². The molecule has 2 fully saturated rings. The van der Waals surface area contributed by atoms with Gasteiger partial charge in [0.25, 0.3) is 0 Å². The maximum Gasteiger partial charge on any atom is 0.224 e. The van der Waals surface area contributed by atoms with Crippen LogP contribution in [0, 0.1) is 0 Å². The van der Waals surface area contributed by atoms with Crippen LogP contribution in [0.15, 0.2) is 6.07 Å². The molecule has 12 heteroatoms. The van der Waals surface area contributed by atoms with E-state index in [4.69, 9.17) is 16.3 Å². The summed E-state index contributed by atoms with van der Waals surface area (Å²) in [6, 6.07) is 2.09. The number of ether oxygens (including phenoxy) is 1. The molecule has 0 bridgehead atoms. The van der Waals surface area contributed by atoms with Gasteiger partial charge in [-0.2, -0.15) is 9.29 Å². The molecule has 2 saturated heterocycles. The second kappa shape index (κ2) is 10.5. The first-order valence-corrected chi connectivity index (χ1v) is 13.8. The van der Waals surface area contributed by atoms with E-state index in [9.17, 15) is 8.42 Å². The van der Waals surface area contributed by atoms with Gasteiger partial charge in [-0.1, -0.05) is 0 Å². The highest BCUT2D eigenvalue weighted by Crippen LogP contribution is 2.34. The van der Waals surface area contributed by atoms with Crippen LogP contribution in [0.25, 0.3) is 10.2 Å².